The molecule has 0 fully saturated rings. The molecule has 2 aromatic heterocycles. The van der Waals surface area contributed by atoms with Crippen LogP contribution in [0.15, 0.2) is 52.5 Å². The number of aromatic nitrogens is 2. The first-order valence-corrected chi connectivity index (χ1v) is 9.38. The average molecular weight is 446 g/mol. The summed E-state index contributed by atoms with van der Waals surface area (Å²) in [6.45, 7) is 5.20. The zero-order chi connectivity index (χ0) is 20.6. The van der Waals surface area contributed by atoms with Gasteiger partial charge in [-0.25, -0.2) is 9.97 Å². The predicted molar refractivity (Wildman–Crippen MR) is 107 cm³/mol. The number of hydrogen-bond donors (Lipinski definition) is 1. The van der Waals surface area contributed by atoms with E-state index in [1.807, 2.05) is 0 Å². The highest BCUT2D eigenvalue weighted by Crippen LogP contribution is 2.44. The van der Waals surface area contributed by atoms with Crippen molar-refractivity contribution in [1.82, 2.24) is 9.97 Å². The van der Waals surface area contributed by atoms with Gasteiger partial charge in [0.2, 0.25) is 5.88 Å². The number of carbonyl (C=O) groups excluding carboxylic acids is 2. The minimum atomic E-state index is -0.906. The number of amides is 1. The van der Waals surface area contributed by atoms with Crippen LogP contribution in [-0.4, -0.2) is 33.9 Å². The molecule has 0 spiro atoms. The molecule has 0 aliphatic carbocycles. The topological polar surface area (TPSA) is 92.6 Å². The number of anilines is 1. The number of aliphatic hydroxyl groups excluding tert-OH is 1. The number of aliphatic hydroxyl groups is 1. The van der Waals surface area contributed by atoms with E-state index in [2.05, 4.69) is 25.9 Å². The number of ether oxygens (including phenoxy) is 1. The van der Waals surface area contributed by atoms with E-state index < -0.39 is 23.1 Å². The van der Waals surface area contributed by atoms with Crippen molar-refractivity contribution < 1.29 is 19.4 Å². The Bertz CT molecular complexity index is 964. The quantitative estimate of drug-likeness (QED) is 0.769. The molecule has 1 aliphatic heterocycles. The van der Waals surface area contributed by atoms with E-state index in [0.717, 1.165) is 4.47 Å². The lowest BCUT2D eigenvalue weighted by Gasteiger charge is -2.28. The van der Waals surface area contributed by atoms with Gasteiger partial charge in [-0.1, -0.05) is 20.8 Å². The molecule has 28 heavy (non-hydrogen) atoms. The van der Waals surface area contributed by atoms with E-state index in [4.69, 9.17) is 4.74 Å². The lowest BCUT2D eigenvalue weighted by Crippen LogP contribution is -2.33. The molecule has 0 bridgehead atoms. The summed E-state index contributed by atoms with van der Waals surface area (Å²) in [4.78, 5) is 35.9. The molecule has 146 valence electrons. The predicted octanol–water partition coefficient (Wildman–Crippen LogP) is 3.76. The molecule has 2 aromatic rings. The summed E-state index contributed by atoms with van der Waals surface area (Å²) in [5.41, 5.74) is -0.311. The monoisotopic (exact) mass is 445 g/mol. The van der Waals surface area contributed by atoms with Crippen molar-refractivity contribution in [3.63, 3.8) is 0 Å². The lowest BCUT2D eigenvalue weighted by molar-refractivity contribution is -0.123. The molecule has 0 aromatic carbocycles. The maximum absolute atomic E-state index is 13.2. The van der Waals surface area contributed by atoms with Crippen LogP contribution >= 0.6 is 15.9 Å². The molecule has 1 atom stereocenters. The molecule has 7 nitrogen and oxygen atoms in total. The van der Waals surface area contributed by atoms with Crippen molar-refractivity contribution in [3.8, 4) is 5.88 Å². The van der Waals surface area contributed by atoms with Crippen LogP contribution in [0.2, 0.25) is 0 Å². The molecule has 0 radical (unpaired) electrons. The van der Waals surface area contributed by atoms with Gasteiger partial charge in [0.25, 0.3) is 5.91 Å². The highest BCUT2D eigenvalue weighted by Gasteiger charge is 2.48. The number of ketones is 1. The Kier molecular flexibility index (Phi) is 5.25. The zero-order valence-electron chi connectivity index (χ0n) is 15.9. The van der Waals surface area contributed by atoms with Gasteiger partial charge >= 0.3 is 0 Å². The fourth-order valence-electron chi connectivity index (χ4n) is 3.06. The lowest BCUT2D eigenvalue weighted by atomic mass is 9.82. The second kappa shape index (κ2) is 7.35. The van der Waals surface area contributed by atoms with Crippen LogP contribution in [-0.2, 0) is 9.59 Å². The Balaban J connectivity index is 2.25. The molecule has 3 rings (SSSR count). The summed E-state index contributed by atoms with van der Waals surface area (Å²) >= 11 is 3.32. The second-order valence-corrected chi connectivity index (χ2v) is 8.27. The molecule has 1 aliphatic rings. The fraction of sp³-hybridized carbons (Fsp3) is 0.300. The number of hydrogen-bond acceptors (Lipinski definition) is 6. The van der Waals surface area contributed by atoms with Gasteiger partial charge in [-0.2, -0.15) is 0 Å². The normalized spacial score (nSPS) is 17.2. The van der Waals surface area contributed by atoms with Crippen LogP contribution in [0.5, 0.6) is 5.88 Å². The van der Waals surface area contributed by atoms with Crippen LogP contribution in [0.4, 0.5) is 5.82 Å². The third-order valence-electron chi connectivity index (χ3n) is 4.38. The molecule has 1 amide bonds. The number of nitrogens with zero attached hydrogens (tertiary/aromatic N) is 3. The minimum Gasteiger partial charge on any atom is -0.503 e. The van der Waals surface area contributed by atoms with Crippen molar-refractivity contribution in [1.29, 1.82) is 0 Å². The van der Waals surface area contributed by atoms with Crippen LogP contribution in [0.3, 0.4) is 0 Å². The number of halogens is 1. The van der Waals surface area contributed by atoms with Gasteiger partial charge in [-0.05, 0) is 40.2 Å². The first kappa shape index (κ1) is 20.0. The Hall–Kier alpha value is -2.74. The Morgan fingerprint density at radius 1 is 1.25 bits per heavy atom. The number of pyridine rings is 2. The summed E-state index contributed by atoms with van der Waals surface area (Å²) < 4.78 is 6.09. The van der Waals surface area contributed by atoms with E-state index >= 15 is 0 Å². The SMILES string of the molecule is COc1ncccc1[C@@H]1C(C(=O)C(C)(C)C)=C(O)C(=O)N1c1ccc(Br)cn1. The van der Waals surface area contributed by atoms with Crippen LogP contribution in [0.25, 0.3) is 0 Å². The maximum Gasteiger partial charge on any atom is 0.295 e. The second-order valence-electron chi connectivity index (χ2n) is 7.36. The van der Waals surface area contributed by atoms with Crippen molar-refractivity contribution >= 4 is 33.4 Å². The standard InChI is InChI=1S/C20H20BrN3O4/c1-20(2,3)17(26)14-15(12-6-5-9-22-18(12)28-4)24(19(27)16(14)25)13-8-7-11(21)10-23-13/h5-10,15,25H,1-4H3/t15-/m1/s1. The first-order valence-electron chi connectivity index (χ1n) is 8.58. The molecule has 3 heterocycles. The number of Topliss-reactive ketones (excluding diaryl/α,β-unsaturated/α-hetero) is 1. The highest BCUT2D eigenvalue weighted by atomic mass is 79.9. The number of methoxy groups -OCH3 is 1. The van der Waals surface area contributed by atoms with Crippen LogP contribution < -0.4 is 9.64 Å². The Labute approximate surface area is 171 Å². The van der Waals surface area contributed by atoms with Gasteiger partial charge in [0.05, 0.1) is 12.7 Å². The van der Waals surface area contributed by atoms with Crippen molar-refractivity contribution in [2.24, 2.45) is 5.41 Å². The zero-order valence-corrected chi connectivity index (χ0v) is 17.5. The largest absolute Gasteiger partial charge is 0.503 e. The van der Waals surface area contributed by atoms with E-state index in [-0.39, 0.29) is 17.2 Å². The fourth-order valence-corrected chi connectivity index (χ4v) is 3.30. The molecule has 8 heteroatoms. The van der Waals surface area contributed by atoms with Crippen molar-refractivity contribution in [3.05, 3.63) is 58.0 Å². The van der Waals surface area contributed by atoms with E-state index in [1.165, 1.54) is 12.0 Å². The van der Waals surface area contributed by atoms with E-state index in [1.54, 1.807) is 57.4 Å². The number of rotatable bonds is 4. The van der Waals surface area contributed by atoms with Crippen molar-refractivity contribution in [2.45, 2.75) is 26.8 Å². The summed E-state index contributed by atoms with van der Waals surface area (Å²) in [5, 5.41) is 10.6. The summed E-state index contributed by atoms with van der Waals surface area (Å²) in [6, 6.07) is 5.86. The molecule has 0 saturated carbocycles. The van der Waals surface area contributed by atoms with Gasteiger partial charge in [0.15, 0.2) is 11.5 Å². The van der Waals surface area contributed by atoms with E-state index in [0.29, 0.717) is 11.4 Å². The van der Waals surface area contributed by atoms with Gasteiger partial charge in [0.1, 0.15) is 11.9 Å². The van der Waals surface area contributed by atoms with Gasteiger partial charge in [-0.3, -0.25) is 14.5 Å². The van der Waals surface area contributed by atoms with Crippen LogP contribution in [0, 0.1) is 5.41 Å². The maximum atomic E-state index is 13.2. The van der Waals surface area contributed by atoms with E-state index in [9.17, 15) is 14.7 Å². The van der Waals surface area contributed by atoms with Crippen LogP contribution in [0.1, 0.15) is 32.4 Å². The number of carbonyl (C=O) groups is 2. The molecule has 1 N–H and O–H groups in total. The van der Waals surface area contributed by atoms with Gasteiger partial charge in [-0.15, -0.1) is 0 Å². The Morgan fingerprint density at radius 3 is 2.54 bits per heavy atom. The van der Waals surface area contributed by atoms with Gasteiger partial charge in [0, 0.05) is 27.8 Å². The summed E-state index contributed by atoms with van der Waals surface area (Å²) in [6.07, 6.45) is 3.09. The van der Waals surface area contributed by atoms with Crippen molar-refractivity contribution in [2.75, 3.05) is 12.0 Å². The molecule has 0 saturated heterocycles. The summed E-state index contributed by atoms with van der Waals surface area (Å²) in [7, 11) is 1.46. The molecular formula is C20H20BrN3O4. The third-order valence-corrected chi connectivity index (χ3v) is 4.85. The highest BCUT2D eigenvalue weighted by molar-refractivity contribution is 9.10. The molecular weight excluding hydrogens is 426 g/mol. The Morgan fingerprint density at radius 2 is 1.96 bits per heavy atom. The molecule has 0 unspecified atom stereocenters. The smallest absolute Gasteiger partial charge is 0.295 e. The average Bonchev–Trinajstić information content (AvgIpc) is 2.92. The minimum absolute atomic E-state index is 0.00789. The van der Waals surface area contributed by atoms with Gasteiger partial charge < -0.3 is 9.84 Å². The third kappa shape index (κ3) is 3.40. The summed E-state index contributed by atoms with van der Waals surface area (Å²) in [5.74, 6) is -1.06. The first-order chi connectivity index (χ1) is 13.2.